The molecule has 1 rings (SSSR count). The zero-order valence-corrected chi connectivity index (χ0v) is 12.6. The summed E-state index contributed by atoms with van der Waals surface area (Å²) in [6.45, 7) is 8.20. The van der Waals surface area contributed by atoms with Gasteiger partial charge in [-0.3, -0.25) is 4.79 Å². The molecule has 0 saturated carbocycles. The molecule has 4 heteroatoms. The van der Waals surface area contributed by atoms with Crippen LogP contribution in [-0.4, -0.2) is 26.7 Å². The molecule has 106 valence electrons. The van der Waals surface area contributed by atoms with Crippen LogP contribution in [0.15, 0.2) is 12.1 Å². The fourth-order valence-electron chi connectivity index (χ4n) is 2.13. The normalized spacial score (nSPS) is 11.1. The van der Waals surface area contributed by atoms with Crippen LogP contribution in [-0.2, 0) is 10.2 Å². The summed E-state index contributed by atoms with van der Waals surface area (Å²) >= 11 is 0. The highest BCUT2D eigenvalue weighted by atomic mass is 16.5. The number of ether oxygens (including phenoxy) is 2. The van der Waals surface area contributed by atoms with E-state index in [2.05, 4.69) is 19.2 Å². The van der Waals surface area contributed by atoms with Crippen molar-refractivity contribution in [2.75, 3.05) is 20.8 Å². The second-order valence-electron chi connectivity index (χ2n) is 5.27. The van der Waals surface area contributed by atoms with Gasteiger partial charge in [0.25, 0.3) is 0 Å². The maximum atomic E-state index is 11.1. The van der Waals surface area contributed by atoms with Crippen molar-refractivity contribution in [3.8, 4) is 11.5 Å². The van der Waals surface area contributed by atoms with Crippen molar-refractivity contribution in [1.29, 1.82) is 0 Å². The van der Waals surface area contributed by atoms with Gasteiger partial charge in [-0.15, -0.1) is 0 Å². The Labute approximate surface area is 115 Å². The Morgan fingerprint density at radius 3 is 2.37 bits per heavy atom. The predicted octanol–water partition coefficient (Wildman–Crippen LogP) is 2.43. The van der Waals surface area contributed by atoms with E-state index in [1.165, 1.54) is 6.92 Å². The number of hydrogen-bond donors (Lipinski definition) is 1. The topological polar surface area (TPSA) is 47.6 Å². The van der Waals surface area contributed by atoms with Crippen LogP contribution in [0, 0.1) is 6.92 Å². The van der Waals surface area contributed by atoms with Gasteiger partial charge in [-0.25, -0.2) is 0 Å². The number of rotatable bonds is 5. The second-order valence-corrected chi connectivity index (χ2v) is 5.27. The van der Waals surface area contributed by atoms with Gasteiger partial charge in [0.2, 0.25) is 5.91 Å². The SMILES string of the molecule is COc1ccc(C(C)(C)CNC(C)=O)c(OC)c1C. The van der Waals surface area contributed by atoms with Crippen molar-refractivity contribution in [3.05, 3.63) is 23.3 Å². The summed E-state index contributed by atoms with van der Waals surface area (Å²) in [5, 5.41) is 2.86. The van der Waals surface area contributed by atoms with Crippen molar-refractivity contribution in [2.45, 2.75) is 33.1 Å². The number of nitrogens with one attached hydrogen (secondary N) is 1. The summed E-state index contributed by atoms with van der Waals surface area (Å²) in [7, 11) is 3.30. The quantitative estimate of drug-likeness (QED) is 0.889. The summed E-state index contributed by atoms with van der Waals surface area (Å²) < 4.78 is 10.8. The highest BCUT2D eigenvalue weighted by Gasteiger charge is 2.26. The van der Waals surface area contributed by atoms with Gasteiger partial charge in [-0.2, -0.15) is 0 Å². The smallest absolute Gasteiger partial charge is 0.216 e. The molecule has 0 unspecified atom stereocenters. The molecule has 1 N–H and O–H groups in total. The van der Waals surface area contributed by atoms with Crippen molar-refractivity contribution >= 4 is 5.91 Å². The number of benzene rings is 1. The summed E-state index contributed by atoms with van der Waals surface area (Å²) in [4.78, 5) is 11.1. The average molecular weight is 265 g/mol. The molecule has 0 spiro atoms. The monoisotopic (exact) mass is 265 g/mol. The fourth-order valence-corrected chi connectivity index (χ4v) is 2.13. The summed E-state index contributed by atoms with van der Waals surface area (Å²) in [6, 6.07) is 3.93. The first-order valence-electron chi connectivity index (χ1n) is 6.30. The number of carbonyl (C=O) groups excluding carboxylic acids is 1. The first-order chi connectivity index (χ1) is 8.83. The molecule has 0 aromatic heterocycles. The molecule has 4 nitrogen and oxygen atoms in total. The van der Waals surface area contributed by atoms with Gasteiger partial charge < -0.3 is 14.8 Å². The first-order valence-corrected chi connectivity index (χ1v) is 6.30. The molecule has 0 heterocycles. The first kappa shape index (κ1) is 15.3. The molecule has 1 aromatic carbocycles. The van der Waals surface area contributed by atoms with Crippen molar-refractivity contribution in [2.24, 2.45) is 0 Å². The maximum Gasteiger partial charge on any atom is 0.216 e. The van der Waals surface area contributed by atoms with Gasteiger partial charge in [0.05, 0.1) is 14.2 Å². The fraction of sp³-hybridized carbons (Fsp3) is 0.533. The summed E-state index contributed by atoms with van der Waals surface area (Å²) in [5.74, 6) is 1.59. The Balaban J connectivity index is 3.18. The minimum atomic E-state index is -0.214. The Morgan fingerprint density at radius 2 is 1.89 bits per heavy atom. The third kappa shape index (κ3) is 3.40. The van der Waals surface area contributed by atoms with Crippen molar-refractivity contribution < 1.29 is 14.3 Å². The van der Waals surface area contributed by atoms with Crippen molar-refractivity contribution in [1.82, 2.24) is 5.32 Å². The van der Waals surface area contributed by atoms with Gasteiger partial charge in [0.1, 0.15) is 11.5 Å². The maximum absolute atomic E-state index is 11.1. The summed E-state index contributed by atoms with van der Waals surface area (Å²) in [6.07, 6.45) is 0. The van der Waals surface area contributed by atoms with Gasteiger partial charge in [0, 0.05) is 30.0 Å². The highest BCUT2D eigenvalue weighted by molar-refractivity contribution is 5.73. The average Bonchev–Trinajstić information content (AvgIpc) is 2.36. The molecule has 19 heavy (non-hydrogen) atoms. The number of methoxy groups -OCH3 is 2. The molecule has 1 amide bonds. The molecule has 0 fully saturated rings. The number of amides is 1. The Hall–Kier alpha value is -1.71. The van der Waals surface area contributed by atoms with Crippen LogP contribution in [0.2, 0.25) is 0 Å². The number of hydrogen-bond acceptors (Lipinski definition) is 3. The minimum Gasteiger partial charge on any atom is -0.496 e. The van der Waals surface area contributed by atoms with Crippen LogP contribution in [0.5, 0.6) is 11.5 Å². The largest absolute Gasteiger partial charge is 0.496 e. The van der Waals surface area contributed by atoms with Gasteiger partial charge >= 0.3 is 0 Å². The minimum absolute atomic E-state index is 0.0303. The van der Waals surface area contributed by atoms with Crippen LogP contribution in [0.3, 0.4) is 0 Å². The molecule has 0 bridgehead atoms. The van der Waals surface area contributed by atoms with Gasteiger partial charge in [0.15, 0.2) is 0 Å². The zero-order valence-electron chi connectivity index (χ0n) is 12.6. The molecule has 1 aromatic rings. The van der Waals surface area contributed by atoms with E-state index >= 15 is 0 Å². The lowest BCUT2D eigenvalue weighted by molar-refractivity contribution is -0.119. The van der Waals surface area contributed by atoms with E-state index in [4.69, 9.17) is 9.47 Å². The Bertz CT molecular complexity index is 467. The lowest BCUT2D eigenvalue weighted by Gasteiger charge is -2.28. The molecular formula is C15H23NO3. The molecule has 0 saturated heterocycles. The van der Waals surface area contributed by atoms with E-state index in [-0.39, 0.29) is 11.3 Å². The molecular weight excluding hydrogens is 242 g/mol. The molecule has 0 radical (unpaired) electrons. The molecule has 0 atom stereocenters. The molecule has 0 aliphatic heterocycles. The zero-order chi connectivity index (χ0) is 14.6. The highest BCUT2D eigenvalue weighted by Crippen LogP contribution is 2.37. The second kappa shape index (κ2) is 5.95. The van der Waals surface area contributed by atoms with Crippen LogP contribution < -0.4 is 14.8 Å². The lowest BCUT2D eigenvalue weighted by Crippen LogP contribution is -2.35. The van der Waals surface area contributed by atoms with Gasteiger partial charge in [-0.1, -0.05) is 19.9 Å². The summed E-state index contributed by atoms with van der Waals surface area (Å²) in [5.41, 5.74) is 1.81. The van der Waals surface area contributed by atoms with E-state index in [1.807, 2.05) is 19.1 Å². The number of carbonyl (C=O) groups is 1. The van der Waals surface area contributed by atoms with Crippen LogP contribution in [0.4, 0.5) is 0 Å². The standard InChI is InChI=1S/C15H23NO3/c1-10-13(18-5)8-7-12(14(10)19-6)15(3,4)9-16-11(2)17/h7-8H,9H2,1-6H3,(H,16,17). The van der Waals surface area contributed by atoms with Crippen LogP contribution >= 0.6 is 0 Å². The van der Waals surface area contributed by atoms with Gasteiger partial charge in [-0.05, 0) is 13.0 Å². The van der Waals surface area contributed by atoms with Crippen LogP contribution in [0.25, 0.3) is 0 Å². The Morgan fingerprint density at radius 1 is 1.26 bits per heavy atom. The van der Waals surface area contributed by atoms with E-state index in [0.717, 1.165) is 22.6 Å². The lowest BCUT2D eigenvalue weighted by atomic mass is 9.82. The molecule has 0 aliphatic rings. The van der Waals surface area contributed by atoms with Crippen LogP contribution in [0.1, 0.15) is 31.9 Å². The van der Waals surface area contributed by atoms with Crippen molar-refractivity contribution in [3.63, 3.8) is 0 Å². The van der Waals surface area contributed by atoms with E-state index in [0.29, 0.717) is 6.54 Å². The third-order valence-corrected chi connectivity index (χ3v) is 3.29. The predicted molar refractivity (Wildman–Crippen MR) is 76.0 cm³/mol. The van der Waals surface area contributed by atoms with E-state index < -0.39 is 0 Å². The van der Waals surface area contributed by atoms with E-state index in [9.17, 15) is 4.79 Å². The third-order valence-electron chi connectivity index (χ3n) is 3.29. The molecule has 0 aliphatic carbocycles. The Kier molecular flexibility index (Phi) is 4.81. The van der Waals surface area contributed by atoms with E-state index in [1.54, 1.807) is 14.2 Å².